The Bertz CT molecular complexity index is 1390. The van der Waals surface area contributed by atoms with Crippen LogP contribution in [-0.4, -0.2) is 100 Å². The van der Waals surface area contributed by atoms with Gasteiger partial charge in [-0.2, -0.15) is 0 Å². The quantitative estimate of drug-likeness (QED) is 0.0195. The van der Waals surface area contributed by atoms with E-state index in [2.05, 4.69) is 55.6 Å². The van der Waals surface area contributed by atoms with Crippen LogP contribution in [0.25, 0.3) is 0 Å². The van der Waals surface area contributed by atoms with E-state index >= 15 is 0 Å². The largest absolute Gasteiger partial charge is 0.466 e. The summed E-state index contributed by atoms with van der Waals surface area (Å²) in [5.41, 5.74) is 0. The van der Waals surface area contributed by atoms with Crippen LogP contribution in [0.15, 0.2) is 48.6 Å². The number of aliphatic hydroxyl groups is 5. The number of hydrogen-bond donors (Lipinski definition) is 6. The van der Waals surface area contributed by atoms with Gasteiger partial charge in [-0.05, 0) is 89.9 Å². The number of amides is 1. The number of carbonyl (C=O) groups excluding carboxylic acids is 2. The molecule has 0 aromatic rings. The van der Waals surface area contributed by atoms with E-state index in [4.69, 9.17) is 14.2 Å². The number of rotatable bonds is 54. The highest BCUT2D eigenvalue weighted by atomic mass is 16.7. The van der Waals surface area contributed by atoms with Crippen molar-refractivity contribution in [2.45, 2.75) is 326 Å². The highest BCUT2D eigenvalue weighted by molar-refractivity contribution is 5.76. The van der Waals surface area contributed by atoms with Crippen LogP contribution in [0.1, 0.15) is 284 Å². The monoisotopic (exact) mass is 1060 g/mol. The van der Waals surface area contributed by atoms with Crippen molar-refractivity contribution >= 4 is 11.9 Å². The molecular weight excluding hydrogens is 943 g/mol. The average Bonchev–Trinajstić information content (AvgIpc) is 3.41. The second-order valence-electron chi connectivity index (χ2n) is 21.8. The molecule has 7 atom stereocenters. The van der Waals surface area contributed by atoms with Crippen molar-refractivity contribution in [3.63, 3.8) is 0 Å². The highest BCUT2D eigenvalue weighted by Crippen LogP contribution is 2.23. The minimum Gasteiger partial charge on any atom is -0.466 e. The molecule has 1 amide bonds. The van der Waals surface area contributed by atoms with Crippen molar-refractivity contribution in [2.24, 2.45) is 0 Å². The Hall–Kier alpha value is -2.38. The number of aliphatic hydroxyl groups excluding tert-OH is 5. The molecule has 0 radical (unpaired) electrons. The summed E-state index contributed by atoms with van der Waals surface area (Å²) in [7, 11) is 0. The molecule has 7 unspecified atom stereocenters. The predicted octanol–water partition coefficient (Wildman–Crippen LogP) is 14.8. The maximum absolute atomic E-state index is 13.0. The van der Waals surface area contributed by atoms with Crippen molar-refractivity contribution in [1.82, 2.24) is 5.32 Å². The Morgan fingerprint density at radius 1 is 0.493 bits per heavy atom. The maximum atomic E-state index is 13.0. The fourth-order valence-corrected chi connectivity index (χ4v) is 9.64. The molecule has 6 N–H and O–H groups in total. The molecule has 1 aliphatic heterocycles. The normalized spacial score (nSPS) is 19.1. The van der Waals surface area contributed by atoms with Gasteiger partial charge in [0.15, 0.2) is 6.29 Å². The van der Waals surface area contributed by atoms with E-state index in [1.165, 1.54) is 173 Å². The Balaban J connectivity index is 2.00. The van der Waals surface area contributed by atoms with Crippen LogP contribution in [-0.2, 0) is 23.8 Å². The number of nitrogens with one attached hydrogen (secondary N) is 1. The Morgan fingerprint density at radius 3 is 1.37 bits per heavy atom. The third kappa shape index (κ3) is 43.2. The van der Waals surface area contributed by atoms with Gasteiger partial charge in [-0.1, -0.05) is 229 Å². The molecule has 0 bridgehead atoms. The number of hydrogen-bond acceptors (Lipinski definition) is 10. The van der Waals surface area contributed by atoms with E-state index in [-0.39, 0.29) is 18.5 Å². The molecule has 11 nitrogen and oxygen atoms in total. The van der Waals surface area contributed by atoms with Crippen molar-refractivity contribution < 1.29 is 49.3 Å². The van der Waals surface area contributed by atoms with E-state index in [1.807, 2.05) is 6.08 Å². The van der Waals surface area contributed by atoms with Gasteiger partial charge in [0.1, 0.15) is 24.4 Å². The van der Waals surface area contributed by atoms with E-state index in [0.29, 0.717) is 19.4 Å². The Labute approximate surface area is 459 Å². The topological polar surface area (TPSA) is 175 Å². The van der Waals surface area contributed by atoms with Gasteiger partial charge in [0, 0.05) is 12.8 Å². The van der Waals surface area contributed by atoms with E-state index in [1.54, 1.807) is 6.08 Å². The average molecular weight is 1060 g/mol. The summed E-state index contributed by atoms with van der Waals surface area (Å²) in [4.78, 5) is 25.0. The lowest BCUT2D eigenvalue weighted by Crippen LogP contribution is -2.60. The summed E-state index contributed by atoms with van der Waals surface area (Å²) in [5, 5.41) is 54.2. The second-order valence-corrected chi connectivity index (χ2v) is 21.8. The predicted molar refractivity (Wildman–Crippen MR) is 310 cm³/mol. The number of ether oxygens (including phenoxy) is 3. The third-order valence-electron chi connectivity index (χ3n) is 14.7. The molecule has 11 heteroatoms. The summed E-state index contributed by atoms with van der Waals surface area (Å²) in [6.07, 6.45) is 58.0. The molecule has 0 saturated carbocycles. The highest BCUT2D eigenvalue weighted by Gasteiger charge is 2.44. The van der Waals surface area contributed by atoms with Gasteiger partial charge in [-0.25, -0.2) is 0 Å². The Morgan fingerprint density at radius 2 is 0.893 bits per heavy atom. The zero-order valence-electron chi connectivity index (χ0n) is 48.3. The van der Waals surface area contributed by atoms with Gasteiger partial charge < -0.3 is 45.1 Å². The summed E-state index contributed by atoms with van der Waals surface area (Å²) < 4.78 is 16.7. The van der Waals surface area contributed by atoms with E-state index in [9.17, 15) is 35.1 Å². The smallest absolute Gasteiger partial charge is 0.305 e. The van der Waals surface area contributed by atoms with Crippen LogP contribution in [0.2, 0.25) is 0 Å². The third-order valence-corrected chi connectivity index (χ3v) is 14.7. The van der Waals surface area contributed by atoms with Gasteiger partial charge in [0.25, 0.3) is 0 Å². The minimum absolute atomic E-state index is 0.0114. The van der Waals surface area contributed by atoms with Crippen molar-refractivity contribution in [2.75, 3.05) is 19.8 Å². The van der Waals surface area contributed by atoms with Crippen molar-refractivity contribution in [3.05, 3.63) is 48.6 Å². The van der Waals surface area contributed by atoms with Crippen molar-refractivity contribution in [1.29, 1.82) is 0 Å². The molecule has 0 spiro atoms. The molecule has 1 fully saturated rings. The first kappa shape index (κ1) is 70.6. The Kier molecular flexibility index (Phi) is 50.5. The first-order valence-electron chi connectivity index (χ1n) is 31.4. The van der Waals surface area contributed by atoms with Crippen LogP contribution in [0, 0.1) is 0 Å². The fraction of sp³-hybridized carbons (Fsp3) is 0.844. The van der Waals surface area contributed by atoms with Gasteiger partial charge >= 0.3 is 5.97 Å². The minimum atomic E-state index is -1.57. The standard InChI is InChI=1S/C64H117NO10/c1-3-5-7-9-11-13-14-28-32-36-40-44-48-52-60(69)73-53-49-45-41-37-33-30-27-25-23-21-19-17-15-16-18-20-22-24-26-29-31-35-39-43-47-51-59(68)65-56(57(67)50-46-42-38-34-12-10-8-6-4-2)55-74-64-63(72)62(71)61(70)58(54-66)75-64/h13-14,16-19,46,50,56-58,61-64,66-67,70-72H,3-12,15,20-45,47-49,51-55H2,1-2H3,(H,65,68)/b14-13-,18-16-,19-17-,50-46+. The molecule has 75 heavy (non-hydrogen) atoms. The lowest BCUT2D eigenvalue weighted by molar-refractivity contribution is -0.302. The summed E-state index contributed by atoms with van der Waals surface area (Å²) in [5.74, 6) is -0.202. The van der Waals surface area contributed by atoms with E-state index in [0.717, 1.165) is 83.5 Å². The van der Waals surface area contributed by atoms with Crippen LogP contribution in [0.4, 0.5) is 0 Å². The fourth-order valence-electron chi connectivity index (χ4n) is 9.64. The lowest BCUT2D eigenvalue weighted by atomic mass is 9.99. The van der Waals surface area contributed by atoms with Crippen LogP contribution in [0.5, 0.6) is 0 Å². The molecule has 0 aliphatic carbocycles. The summed E-state index contributed by atoms with van der Waals surface area (Å²) in [6.45, 7) is 4.29. The number of carbonyl (C=O) groups is 2. The van der Waals surface area contributed by atoms with Crippen molar-refractivity contribution in [3.8, 4) is 0 Å². The number of esters is 1. The zero-order valence-corrected chi connectivity index (χ0v) is 48.3. The van der Waals surface area contributed by atoms with Gasteiger partial charge in [-0.3, -0.25) is 9.59 Å². The molecule has 0 aromatic carbocycles. The maximum Gasteiger partial charge on any atom is 0.305 e. The van der Waals surface area contributed by atoms with Crippen LogP contribution in [0.3, 0.4) is 0 Å². The van der Waals surface area contributed by atoms with Crippen LogP contribution < -0.4 is 5.32 Å². The summed E-state index contributed by atoms with van der Waals surface area (Å²) >= 11 is 0. The van der Waals surface area contributed by atoms with E-state index < -0.39 is 49.5 Å². The SMILES string of the molecule is CCCCCC/C=C\CCCCCCCC(=O)OCCCCCCCCCCC/C=C\C/C=C\CCCCCCCCCCCC(=O)NC(COC1OC(CO)C(O)C(O)C1O)C(O)/C=C/CCCCCCCCC. The van der Waals surface area contributed by atoms with Gasteiger partial charge in [-0.15, -0.1) is 0 Å². The molecule has 0 aromatic heterocycles. The molecule has 1 rings (SSSR count). The first-order chi connectivity index (χ1) is 36.7. The second kappa shape index (κ2) is 53.6. The van der Waals surface area contributed by atoms with Gasteiger partial charge in [0.05, 0.1) is 32.0 Å². The molecule has 1 heterocycles. The zero-order chi connectivity index (χ0) is 54.5. The molecular formula is C64H117NO10. The van der Waals surface area contributed by atoms with Gasteiger partial charge in [0.2, 0.25) is 5.91 Å². The first-order valence-corrected chi connectivity index (χ1v) is 31.4. The van der Waals surface area contributed by atoms with Crippen LogP contribution >= 0.6 is 0 Å². The number of unbranched alkanes of at least 4 members (excludes halogenated alkanes) is 34. The molecule has 1 saturated heterocycles. The molecule has 438 valence electrons. The number of allylic oxidation sites excluding steroid dienone is 7. The molecule has 1 aliphatic rings. The summed E-state index contributed by atoms with van der Waals surface area (Å²) in [6, 6.07) is -0.814. The lowest BCUT2D eigenvalue weighted by Gasteiger charge is -2.40.